The Labute approximate surface area is 101 Å². The lowest BCUT2D eigenvalue weighted by Gasteiger charge is -2.18. The highest BCUT2D eigenvalue weighted by molar-refractivity contribution is 5.73. The Morgan fingerprint density at radius 3 is 2.29 bits per heavy atom. The van der Waals surface area contributed by atoms with Crippen molar-refractivity contribution in [3.05, 3.63) is 22.9 Å². The molecule has 96 valence electrons. The molecule has 5 nitrogen and oxygen atoms in total. The zero-order valence-corrected chi connectivity index (χ0v) is 10.6. The van der Waals surface area contributed by atoms with Crippen molar-refractivity contribution in [2.24, 2.45) is 5.41 Å². The maximum atomic E-state index is 11.8. The fourth-order valence-corrected chi connectivity index (χ4v) is 1.54. The summed E-state index contributed by atoms with van der Waals surface area (Å²) in [4.78, 5) is 22.8. The Morgan fingerprint density at radius 1 is 1.29 bits per heavy atom. The molecule has 0 fully saturated rings. The fourth-order valence-electron chi connectivity index (χ4n) is 1.54. The molecule has 0 aliphatic rings. The molecule has 0 aliphatic heterocycles. The molecular formula is C12H20N2O3. The van der Waals surface area contributed by atoms with Crippen LogP contribution in [-0.2, 0) is 17.9 Å². The Bertz CT molecular complexity index is 443. The summed E-state index contributed by atoms with van der Waals surface area (Å²) in [6, 6.07) is 0. The van der Waals surface area contributed by atoms with E-state index in [1.54, 1.807) is 35.4 Å². The molecule has 1 N–H and O–H groups in total. The van der Waals surface area contributed by atoms with Crippen LogP contribution in [0, 0.1) is 5.41 Å². The number of carboxylic acid groups (broad SMARTS) is 1. The van der Waals surface area contributed by atoms with Gasteiger partial charge in [0, 0.05) is 25.5 Å². The van der Waals surface area contributed by atoms with Crippen LogP contribution in [0.2, 0.25) is 0 Å². The minimum atomic E-state index is -0.835. The van der Waals surface area contributed by atoms with Crippen LogP contribution in [0.15, 0.2) is 17.2 Å². The van der Waals surface area contributed by atoms with Gasteiger partial charge in [-0.15, -0.1) is 0 Å². The fraction of sp³-hybridized carbons (Fsp3) is 0.667. The minimum absolute atomic E-state index is 0.0620. The van der Waals surface area contributed by atoms with E-state index in [1.165, 1.54) is 0 Å². The third-order valence-corrected chi connectivity index (χ3v) is 2.94. The first-order valence-electron chi connectivity index (χ1n) is 5.87. The van der Waals surface area contributed by atoms with Crippen molar-refractivity contribution in [2.45, 2.75) is 46.7 Å². The second-order valence-corrected chi connectivity index (χ2v) is 4.91. The Hall–Kier alpha value is -1.52. The third-order valence-electron chi connectivity index (χ3n) is 2.94. The van der Waals surface area contributed by atoms with E-state index < -0.39 is 11.4 Å². The van der Waals surface area contributed by atoms with Crippen LogP contribution in [0.25, 0.3) is 0 Å². The van der Waals surface area contributed by atoms with Gasteiger partial charge in [0.15, 0.2) is 0 Å². The molecule has 1 rings (SSSR count). The first-order valence-corrected chi connectivity index (χ1v) is 5.87. The van der Waals surface area contributed by atoms with E-state index in [0.29, 0.717) is 19.5 Å². The summed E-state index contributed by atoms with van der Waals surface area (Å²) in [6.07, 6.45) is 4.82. The van der Waals surface area contributed by atoms with Crippen molar-refractivity contribution in [1.29, 1.82) is 0 Å². The van der Waals surface area contributed by atoms with Crippen LogP contribution in [0.3, 0.4) is 0 Å². The molecule has 5 heteroatoms. The Balaban J connectivity index is 2.71. The number of aryl methyl sites for hydroxylation is 2. The molecule has 1 aromatic rings. The SMILES string of the molecule is CCCn1ccn(CCC(C)(C)C(=O)O)c1=O. The number of hydrogen-bond acceptors (Lipinski definition) is 2. The summed E-state index contributed by atoms with van der Waals surface area (Å²) in [5.74, 6) is -0.835. The Morgan fingerprint density at radius 2 is 1.82 bits per heavy atom. The van der Waals surface area contributed by atoms with Crippen molar-refractivity contribution >= 4 is 5.97 Å². The zero-order chi connectivity index (χ0) is 13.1. The molecular weight excluding hydrogens is 220 g/mol. The topological polar surface area (TPSA) is 64.2 Å². The number of imidazole rings is 1. The number of rotatable bonds is 6. The van der Waals surface area contributed by atoms with E-state index in [0.717, 1.165) is 6.42 Å². The number of carbonyl (C=O) groups is 1. The van der Waals surface area contributed by atoms with Crippen molar-refractivity contribution < 1.29 is 9.90 Å². The largest absolute Gasteiger partial charge is 0.481 e. The van der Waals surface area contributed by atoms with E-state index in [1.807, 2.05) is 6.92 Å². The number of aliphatic carboxylic acids is 1. The molecule has 0 unspecified atom stereocenters. The number of aromatic nitrogens is 2. The average molecular weight is 240 g/mol. The monoisotopic (exact) mass is 240 g/mol. The van der Waals surface area contributed by atoms with Gasteiger partial charge in [-0.25, -0.2) is 4.79 Å². The summed E-state index contributed by atoms with van der Waals surface area (Å²) in [5, 5.41) is 8.99. The van der Waals surface area contributed by atoms with Gasteiger partial charge >= 0.3 is 11.7 Å². The number of carboxylic acids is 1. The van der Waals surface area contributed by atoms with Gasteiger partial charge in [0.1, 0.15) is 0 Å². The van der Waals surface area contributed by atoms with Gasteiger partial charge in [-0.3, -0.25) is 13.9 Å². The number of hydrogen-bond donors (Lipinski definition) is 1. The van der Waals surface area contributed by atoms with E-state index in [9.17, 15) is 9.59 Å². The summed E-state index contributed by atoms with van der Waals surface area (Å²) in [5.41, 5.74) is -0.861. The predicted molar refractivity (Wildman–Crippen MR) is 65.0 cm³/mol. The molecule has 1 aromatic heterocycles. The molecule has 0 saturated heterocycles. The minimum Gasteiger partial charge on any atom is -0.481 e. The lowest BCUT2D eigenvalue weighted by Crippen LogP contribution is -2.29. The molecule has 17 heavy (non-hydrogen) atoms. The molecule has 1 heterocycles. The van der Waals surface area contributed by atoms with Gasteiger partial charge < -0.3 is 5.11 Å². The zero-order valence-electron chi connectivity index (χ0n) is 10.6. The normalized spacial score (nSPS) is 11.7. The highest BCUT2D eigenvalue weighted by atomic mass is 16.4. The quantitative estimate of drug-likeness (QED) is 0.820. The van der Waals surface area contributed by atoms with Crippen LogP contribution in [0.4, 0.5) is 0 Å². The number of nitrogens with zero attached hydrogens (tertiary/aromatic N) is 2. The van der Waals surface area contributed by atoms with E-state index in [4.69, 9.17) is 5.11 Å². The molecule has 0 bridgehead atoms. The van der Waals surface area contributed by atoms with Crippen molar-refractivity contribution in [3.63, 3.8) is 0 Å². The van der Waals surface area contributed by atoms with Crippen molar-refractivity contribution in [1.82, 2.24) is 9.13 Å². The summed E-state index contributed by atoms with van der Waals surface area (Å²) >= 11 is 0. The lowest BCUT2D eigenvalue weighted by molar-refractivity contribution is -0.147. The Kier molecular flexibility index (Phi) is 4.15. The smallest absolute Gasteiger partial charge is 0.328 e. The second kappa shape index (κ2) is 5.21. The van der Waals surface area contributed by atoms with E-state index >= 15 is 0 Å². The maximum Gasteiger partial charge on any atom is 0.328 e. The van der Waals surface area contributed by atoms with Crippen LogP contribution in [0.5, 0.6) is 0 Å². The second-order valence-electron chi connectivity index (χ2n) is 4.91. The summed E-state index contributed by atoms with van der Waals surface area (Å²) in [6.45, 7) is 6.49. The van der Waals surface area contributed by atoms with Crippen LogP contribution >= 0.6 is 0 Å². The third kappa shape index (κ3) is 3.22. The molecule has 0 radical (unpaired) electrons. The highest BCUT2D eigenvalue weighted by Crippen LogP contribution is 2.20. The van der Waals surface area contributed by atoms with Crippen LogP contribution in [0.1, 0.15) is 33.6 Å². The molecule has 0 saturated carbocycles. The molecule has 0 aromatic carbocycles. The van der Waals surface area contributed by atoms with Crippen LogP contribution in [-0.4, -0.2) is 20.2 Å². The molecule has 0 atom stereocenters. The van der Waals surface area contributed by atoms with Gasteiger partial charge in [0.25, 0.3) is 0 Å². The first-order chi connectivity index (χ1) is 7.88. The van der Waals surface area contributed by atoms with Gasteiger partial charge in [0.05, 0.1) is 5.41 Å². The highest BCUT2D eigenvalue weighted by Gasteiger charge is 2.26. The first kappa shape index (κ1) is 13.5. The van der Waals surface area contributed by atoms with Crippen LogP contribution < -0.4 is 5.69 Å². The summed E-state index contributed by atoms with van der Waals surface area (Å²) in [7, 11) is 0. The van der Waals surface area contributed by atoms with Crippen molar-refractivity contribution in [3.8, 4) is 0 Å². The molecule has 0 spiro atoms. The van der Waals surface area contributed by atoms with Gasteiger partial charge in [0.2, 0.25) is 0 Å². The van der Waals surface area contributed by atoms with Gasteiger partial charge in [-0.1, -0.05) is 6.92 Å². The van der Waals surface area contributed by atoms with Gasteiger partial charge in [-0.2, -0.15) is 0 Å². The molecule has 0 amide bonds. The predicted octanol–water partition coefficient (Wildman–Crippen LogP) is 1.56. The van der Waals surface area contributed by atoms with Gasteiger partial charge in [-0.05, 0) is 26.7 Å². The summed E-state index contributed by atoms with van der Waals surface area (Å²) < 4.78 is 3.22. The lowest BCUT2D eigenvalue weighted by atomic mass is 9.90. The van der Waals surface area contributed by atoms with Crippen molar-refractivity contribution in [2.75, 3.05) is 0 Å². The molecule has 0 aliphatic carbocycles. The van der Waals surface area contributed by atoms with E-state index in [2.05, 4.69) is 0 Å². The standard InChI is InChI=1S/C12H20N2O3/c1-4-6-13-8-9-14(11(13)17)7-5-12(2,3)10(15)16/h8-9H,4-7H2,1-3H3,(H,15,16). The maximum absolute atomic E-state index is 11.8. The average Bonchev–Trinajstić information content (AvgIpc) is 2.58. The van der Waals surface area contributed by atoms with E-state index in [-0.39, 0.29) is 5.69 Å².